The lowest BCUT2D eigenvalue weighted by molar-refractivity contribution is -0.138. The van der Waals surface area contributed by atoms with Crippen molar-refractivity contribution in [3.8, 4) is 0 Å². The predicted molar refractivity (Wildman–Crippen MR) is 56.6 cm³/mol. The van der Waals surface area contributed by atoms with Gasteiger partial charge in [0.25, 0.3) is 0 Å². The van der Waals surface area contributed by atoms with Gasteiger partial charge in [-0.15, -0.1) is 0 Å². The first kappa shape index (κ1) is 12.2. The van der Waals surface area contributed by atoms with Crippen LogP contribution >= 0.6 is 21.6 Å². The topological polar surface area (TPSA) is 37.3 Å². The van der Waals surface area contributed by atoms with Crippen molar-refractivity contribution in [3.05, 3.63) is 0 Å². The summed E-state index contributed by atoms with van der Waals surface area (Å²) in [5, 5.41) is 8.80. The summed E-state index contributed by atoms with van der Waals surface area (Å²) < 4.78 is -0.588. The van der Waals surface area contributed by atoms with E-state index in [4.69, 9.17) is 5.11 Å². The Kier molecular flexibility index (Phi) is 3.97. The fourth-order valence-corrected chi connectivity index (χ4v) is 2.38. The Morgan fingerprint density at radius 1 is 1.08 bits per heavy atom. The maximum absolute atomic E-state index is 10.7. The van der Waals surface area contributed by atoms with Crippen molar-refractivity contribution in [2.24, 2.45) is 0 Å². The van der Waals surface area contributed by atoms with Crippen molar-refractivity contribution in [3.63, 3.8) is 0 Å². The smallest absolute Gasteiger partial charge is 0.320 e. The lowest BCUT2D eigenvalue weighted by Crippen LogP contribution is -2.27. The second kappa shape index (κ2) is 3.92. The number of hydrogen-bond acceptors (Lipinski definition) is 3. The molecule has 0 aromatic heterocycles. The van der Waals surface area contributed by atoms with E-state index in [1.807, 2.05) is 0 Å². The van der Waals surface area contributed by atoms with E-state index >= 15 is 0 Å². The molecule has 4 heteroatoms. The van der Waals surface area contributed by atoms with Crippen LogP contribution in [0.15, 0.2) is 0 Å². The van der Waals surface area contributed by atoms with E-state index in [0.29, 0.717) is 0 Å². The third-order valence-electron chi connectivity index (χ3n) is 1.02. The van der Waals surface area contributed by atoms with Gasteiger partial charge in [0.15, 0.2) is 0 Å². The molecule has 0 amide bonds. The summed E-state index contributed by atoms with van der Waals surface area (Å²) in [7, 11) is 3.02. The van der Waals surface area contributed by atoms with Gasteiger partial charge in [0.1, 0.15) is 4.75 Å². The molecule has 0 radical (unpaired) electrons. The molecule has 0 aromatic rings. The van der Waals surface area contributed by atoms with Crippen molar-refractivity contribution in [2.75, 3.05) is 0 Å². The average Bonchev–Trinajstić information content (AvgIpc) is 1.82. The third kappa shape index (κ3) is 4.93. The molecule has 0 aliphatic rings. The highest BCUT2D eigenvalue weighted by molar-refractivity contribution is 8.77. The minimum Gasteiger partial charge on any atom is -0.480 e. The van der Waals surface area contributed by atoms with Crippen LogP contribution in [0.4, 0.5) is 0 Å². The molecule has 0 aliphatic heterocycles. The van der Waals surface area contributed by atoms with Crippen LogP contribution in [0.5, 0.6) is 0 Å². The highest BCUT2D eigenvalue weighted by Crippen LogP contribution is 2.43. The molecule has 0 spiro atoms. The number of hydrogen-bond donors (Lipinski definition) is 1. The first-order chi connectivity index (χ1) is 5.15. The van der Waals surface area contributed by atoms with E-state index in [1.54, 1.807) is 24.6 Å². The lowest BCUT2D eigenvalue weighted by atomic mass is 10.2. The van der Waals surface area contributed by atoms with Crippen LogP contribution in [0.2, 0.25) is 0 Å². The molecule has 2 nitrogen and oxygen atoms in total. The summed E-state index contributed by atoms with van der Waals surface area (Å²) in [6.07, 6.45) is 0. The minimum absolute atomic E-state index is 0.109. The van der Waals surface area contributed by atoms with Gasteiger partial charge in [0.05, 0.1) is 0 Å². The van der Waals surface area contributed by atoms with Crippen molar-refractivity contribution in [1.29, 1.82) is 0 Å². The van der Waals surface area contributed by atoms with Gasteiger partial charge in [-0.3, -0.25) is 4.79 Å². The zero-order valence-corrected chi connectivity index (χ0v) is 9.80. The highest BCUT2D eigenvalue weighted by Gasteiger charge is 2.30. The Morgan fingerprint density at radius 2 is 1.50 bits per heavy atom. The molecule has 0 rings (SSSR count). The molecule has 0 saturated heterocycles. The fraction of sp³-hybridized carbons (Fsp3) is 0.875. The normalized spacial score (nSPS) is 13.1. The van der Waals surface area contributed by atoms with Gasteiger partial charge in [-0.25, -0.2) is 0 Å². The molecule has 12 heavy (non-hydrogen) atoms. The first-order valence-electron chi connectivity index (χ1n) is 3.75. The third-order valence-corrected chi connectivity index (χ3v) is 5.19. The quantitative estimate of drug-likeness (QED) is 0.723. The molecule has 0 unspecified atom stereocenters. The monoisotopic (exact) mass is 208 g/mol. The van der Waals surface area contributed by atoms with Crippen molar-refractivity contribution < 1.29 is 9.90 Å². The van der Waals surface area contributed by atoms with Crippen molar-refractivity contribution >= 4 is 27.6 Å². The SMILES string of the molecule is CC(C)(C)SSC(C)(C)C(=O)O. The van der Waals surface area contributed by atoms with Gasteiger partial charge >= 0.3 is 5.97 Å². The van der Waals surface area contributed by atoms with E-state index in [0.717, 1.165) is 0 Å². The zero-order valence-electron chi connectivity index (χ0n) is 8.17. The molecule has 1 N–H and O–H groups in total. The Hall–Kier alpha value is 0.170. The first-order valence-corrected chi connectivity index (χ1v) is 5.90. The zero-order chi connectivity index (χ0) is 9.99. The molecular formula is C8H16O2S2. The average molecular weight is 208 g/mol. The summed E-state index contributed by atoms with van der Waals surface area (Å²) in [5.41, 5.74) is 0. The van der Waals surface area contributed by atoms with E-state index in [-0.39, 0.29) is 4.75 Å². The van der Waals surface area contributed by atoms with E-state index < -0.39 is 10.7 Å². The second-order valence-electron chi connectivity index (χ2n) is 4.09. The summed E-state index contributed by atoms with van der Waals surface area (Å²) in [6.45, 7) is 9.66. The minimum atomic E-state index is -0.760. The maximum Gasteiger partial charge on any atom is 0.320 e. The van der Waals surface area contributed by atoms with Gasteiger partial charge in [0.2, 0.25) is 0 Å². The largest absolute Gasteiger partial charge is 0.480 e. The fourth-order valence-electron chi connectivity index (χ4n) is 0.265. The number of carbonyl (C=O) groups is 1. The van der Waals surface area contributed by atoms with Crippen LogP contribution in [0.3, 0.4) is 0 Å². The van der Waals surface area contributed by atoms with Crippen molar-refractivity contribution in [1.82, 2.24) is 0 Å². The highest BCUT2D eigenvalue weighted by atomic mass is 33.1. The molecule has 72 valence electrons. The van der Waals surface area contributed by atoms with Crippen LogP contribution in [0.1, 0.15) is 34.6 Å². The van der Waals surface area contributed by atoms with Crippen LogP contribution in [0.25, 0.3) is 0 Å². The van der Waals surface area contributed by atoms with Gasteiger partial charge in [-0.2, -0.15) is 0 Å². The number of carboxylic acids is 1. The van der Waals surface area contributed by atoms with Gasteiger partial charge in [0, 0.05) is 4.75 Å². The van der Waals surface area contributed by atoms with E-state index in [2.05, 4.69) is 20.8 Å². The molecule has 0 aliphatic carbocycles. The standard InChI is InChI=1S/C8H16O2S2/c1-7(2,3)11-12-8(4,5)6(9)10/h1-5H3,(H,9,10). The Bertz CT molecular complexity index is 170. The van der Waals surface area contributed by atoms with Crippen LogP contribution in [-0.2, 0) is 4.79 Å². The molecular weight excluding hydrogens is 192 g/mol. The number of rotatable bonds is 3. The number of carboxylic acid groups (broad SMARTS) is 1. The Morgan fingerprint density at radius 3 is 1.75 bits per heavy atom. The van der Waals surface area contributed by atoms with Crippen LogP contribution in [0, 0.1) is 0 Å². The van der Waals surface area contributed by atoms with E-state index in [9.17, 15) is 4.79 Å². The molecule has 0 aromatic carbocycles. The molecule has 0 saturated carbocycles. The summed E-state index contributed by atoms with van der Waals surface area (Å²) in [5.74, 6) is -0.760. The van der Waals surface area contributed by atoms with E-state index in [1.165, 1.54) is 10.8 Å². The van der Waals surface area contributed by atoms with Crippen LogP contribution < -0.4 is 0 Å². The Labute approximate surface area is 81.9 Å². The lowest BCUT2D eigenvalue weighted by Gasteiger charge is -2.23. The molecule has 0 fully saturated rings. The molecule has 0 heterocycles. The molecule has 0 bridgehead atoms. The van der Waals surface area contributed by atoms with Gasteiger partial charge < -0.3 is 5.11 Å². The van der Waals surface area contributed by atoms with Gasteiger partial charge in [-0.05, 0) is 13.8 Å². The van der Waals surface area contributed by atoms with Crippen molar-refractivity contribution in [2.45, 2.75) is 44.1 Å². The second-order valence-corrected chi connectivity index (χ2v) is 7.67. The summed E-state index contributed by atoms with van der Waals surface area (Å²) in [6, 6.07) is 0. The maximum atomic E-state index is 10.7. The van der Waals surface area contributed by atoms with Gasteiger partial charge in [-0.1, -0.05) is 42.4 Å². The molecule has 0 atom stereocenters. The Balaban J connectivity index is 4.01. The number of aliphatic carboxylic acids is 1. The van der Waals surface area contributed by atoms with Crippen LogP contribution in [-0.4, -0.2) is 20.6 Å². The summed E-state index contributed by atoms with van der Waals surface area (Å²) >= 11 is 0. The predicted octanol–water partition coefficient (Wildman–Crippen LogP) is 3.03. The summed E-state index contributed by atoms with van der Waals surface area (Å²) in [4.78, 5) is 10.7.